The standard InChI is InChI=1S/C58H112N2O2/c1-57(2,55-61)60-53-48-46-44-42-40-38-36-34-32-30-28-26-24-22-20-18-16-14-12-10-8-6-4-3-5-7-9-11-13-15-17-19-21-23-25-27-29-31-33-35-37-39-41-43-45-47-49-58(51-54-60)50-52-59-56(58)62/h55H,3-54H2,1-2H3,(H,59,62). The Morgan fingerprint density at radius 2 is 0.597 bits per heavy atom. The van der Waals surface area contributed by atoms with Crippen molar-refractivity contribution in [3.05, 3.63) is 0 Å². The molecule has 0 radical (unpaired) electrons. The maximum atomic E-state index is 13.2. The molecule has 366 valence electrons. The Balaban J connectivity index is 1.63. The molecular formula is C58H112N2O2. The van der Waals surface area contributed by atoms with Crippen molar-refractivity contribution in [2.45, 2.75) is 334 Å². The minimum Gasteiger partial charge on any atom is -0.356 e. The lowest BCUT2D eigenvalue weighted by Crippen LogP contribution is -2.48. The van der Waals surface area contributed by atoms with Crippen molar-refractivity contribution in [2.24, 2.45) is 5.41 Å². The van der Waals surface area contributed by atoms with Gasteiger partial charge < -0.3 is 10.1 Å². The van der Waals surface area contributed by atoms with Gasteiger partial charge in [-0.15, -0.1) is 0 Å². The van der Waals surface area contributed by atoms with E-state index < -0.39 is 5.54 Å². The number of rotatable bonds is 2. The van der Waals surface area contributed by atoms with Gasteiger partial charge in [-0.1, -0.05) is 289 Å². The molecule has 1 unspecified atom stereocenters. The lowest BCUT2D eigenvalue weighted by Gasteiger charge is -2.37. The molecule has 0 aliphatic carbocycles. The molecule has 2 aliphatic rings. The highest BCUT2D eigenvalue weighted by molar-refractivity contribution is 5.84. The first-order chi connectivity index (χ1) is 30.5. The van der Waals surface area contributed by atoms with Crippen molar-refractivity contribution >= 4 is 12.2 Å². The van der Waals surface area contributed by atoms with Gasteiger partial charge in [0.1, 0.15) is 6.29 Å². The van der Waals surface area contributed by atoms with Gasteiger partial charge in [0.2, 0.25) is 5.91 Å². The van der Waals surface area contributed by atoms with Crippen LogP contribution >= 0.6 is 0 Å². The maximum Gasteiger partial charge on any atom is 0.226 e. The zero-order valence-electron chi connectivity index (χ0n) is 42.6. The van der Waals surface area contributed by atoms with Crippen molar-refractivity contribution in [1.82, 2.24) is 10.2 Å². The van der Waals surface area contributed by atoms with Gasteiger partial charge >= 0.3 is 0 Å². The zero-order valence-corrected chi connectivity index (χ0v) is 42.6. The van der Waals surface area contributed by atoms with Crippen LogP contribution in [0, 0.1) is 5.41 Å². The second-order valence-electron chi connectivity index (χ2n) is 21.8. The first-order valence-electron chi connectivity index (χ1n) is 29.0. The molecule has 2 aliphatic heterocycles. The number of carbonyl (C=O) groups excluding carboxylic acids is 2. The van der Waals surface area contributed by atoms with Crippen LogP contribution in [0.1, 0.15) is 328 Å². The van der Waals surface area contributed by atoms with Crippen LogP contribution in [0.15, 0.2) is 0 Å². The predicted octanol–water partition coefficient (Wildman–Crippen LogP) is 18.5. The summed E-state index contributed by atoms with van der Waals surface area (Å²) in [5, 5.41) is 3.19. The predicted molar refractivity (Wildman–Crippen MR) is 273 cm³/mol. The summed E-state index contributed by atoms with van der Waals surface area (Å²) in [7, 11) is 0. The third kappa shape index (κ3) is 31.9. The maximum absolute atomic E-state index is 13.2. The highest BCUT2D eigenvalue weighted by Gasteiger charge is 2.42. The number of nitrogens with zero attached hydrogens (tertiary/aromatic N) is 1. The fourth-order valence-corrected chi connectivity index (χ4v) is 11.0. The van der Waals surface area contributed by atoms with E-state index in [1.807, 2.05) is 0 Å². The molecule has 2 heterocycles. The van der Waals surface area contributed by atoms with E-state index in [-0.39, 0.29) is 11.3 Å². The summed E-state index contributed by atoms with van der Waals surface area (Å²) < 4.78 is 0. The number of hydrogen-bond donors (Lipinski definition) is 1. The van der Waals surface area contributed by atoms with Crippen molar-refractivity contribution in [3.63, 3.8) is 0 Å². The summed E-state index contributed by atoms with van der Waals surface area (Å²) in [5.41, 5.74) is -0.712. The van der Waals surface area contributed by atoms with Crippen molar-refractivity contribution < 1.29 is 9.59 Å². The number of hydrogen-bond acceptors (Lipinski definition) is 3. The van der Waals surface area contributed by atoms with Crippen LogP contribution in [0.5, 0.6) is 0 Å². The van der Waals surface area contributed by atoms with Gasteiger partial charge in [-0.05, 0) is 46.1 Å². The largest absolute Gasteiger partial charge is 0.356 e. The molecule has 1 atom stereocenters. The number of amides is 1. The minimum absolute atomic E-state index is 0.237. The van der Waals surface area contributed by atoms with E-state index in [1.165, 1.54) is 283 Å². The van der Waals surface area contributed by atoms with Crippen molar-refractivity contribution in [1.29, 1.82) is 0 Å². The molecule has 0 aromatic carbocycles. The molecule has 1 amide bonds. The Morgan fingerprint density at radius 1 is 0.355 bits per heavy atom. The molecule has 0 saturated carbocycles. The summed E-state index contributed by atoms with van der Waals surface area (Å²) >= 11 is 0. The van der Waals surface area contributed by atoms with Crippen LogP contribution < -0.4 is 5.32 Å². The molecule has 0 aromatic heterocycles. The molecule has 0 aromatic rings. The van der Waals surface area contributed by atoms with Gasteiger partial charge in [-0.3, -0.25) is 9.69 Å². The summed E-state index contributed by atoms with van der Waals surface area (Å²) in [5.74, 6) is 0.274. The molecule has 1 spiro atoms. The van der Waals surface area contributed by atoms with Crippen molar-refractivity contribution in [2.75, 3.05) is 19.6 Å². The van der Waals surface area contributed by atoms with Crippen LogP contribution in [0.2, 0.25) is 0 Å². The number of nitrogens with one attached hydrogen (secondary N) is 1. The molecular weight excluding hydrogens is 757 g/mol. The topological polar surface area (TPSA) is 49.4 Å². The minimum atomic E-state index is -0.475. The van der Waals surface area contributed by atoms with E-state index in [0.717, 1.165) is 58.0 Å². The summed E-state index contributed by atoms with van der Waals surface area (Å²) in [4.78, 5) is 27.8. The highest BCUT2D eigenvalue weighted by atomic mass is 16.2. The molecule has 0 bridgehead atoms. The monoisotopic (exact) mass is 869 g/mol. The Kier molecular flexibility index (Phi) is 38.3. The normalized spacial score (nSPS) is 26.0. The van der Waals surface area contributed by atoms with Crippen LogP contribution in [-0.4, -0.2) is 42.3 Å². The van der Waals surface area contributed by atoms with Gasteiger partial charge in [-0.2, -0.15) is 0 Å². The molecule has 62 heavy (non-hydrogen) atoms. The van der Waals surface area contributed by atoms with E-state index >= 15 is 0 Å². The fraction of sp³-hybridized carbons (Fsp3) is 0.966. The fourth-order valence-electron chi connectivity index (χ4n) is 11.0. The van der Waals surface area contributed by atoms with Crippen LogP contribution in [0.25, 0.3) is 0 Å². The third-order valence-corrected chi connectivity index (χ3v) is 15.7. The zero-order chi connectivity index (χ0) is 44.3. The van der Waals surface area contributed by atoms with Crippen molar-refractivity contribution in [3.8, 4) is 0 Å². The van der Waals surface area contributed by atoms with Gasteiger partial charge in [0.15, 0.2) is 0 Å². The second kappa shape index (κ2) is 41.5. The number of aldehydes is 1. The molecule has 2 saturated heterocycles. The van der Waals surface area contributed by atoms with Gasteiger partial charge in [-0.25, -0.2) is 0 Å². The first-order valence-corrected chi connectivity index (χ1v) is 29.0. The highest BCUT2D eigenvalue weighted by Crippen LogP contribution is 2.38. The van der Waals surface area contributed by atoms with E-state index in [1.54, 1.807) is 0 Å². The third-order valence-electron chi connectivity index (χ3n) is 15.7. The molecule has 2 rings (SSSR count). The van der Waals surface area contributed by atoms with Crippen LogP contribution in [0.3, 0.4) is 0 Å². The van der Waals surface area contributed by atoms with Gasteiger partial charge in [0, 0.05) is 13.1 Å². The second-order valence-corrected chi connectivity index (χ2v) is 21.8. The van der Waals surface area contributed by atoms with E-state index in [2.05, 4.69) is 24.1 Å². The van der Waals surface area contributed by atoms with E-state index in [4.69, 9.17) is 0 Å². The number of carbonyl (C=O) groups is 2. The van der Waals surface area contributed by atoms with Crippen LogP contribution in [-0.2, 0) is 9.59 Å². The van der Waals surface area contributed by atoms with Gasteiger partial charge in [0.25, 0.3) is 0 Å². The summed E-state index contributed by atoms with van der Waals surface area (Å²) in [6.45, 7) is 6.76. The van der Waals surface area contributed by atoms with E-state index in [0.29, 0.717) is 0 Å². The Labute approximate surface area is 389 Å². The SMILES string of the molecule is CC(C)(C=O)N1CCCCCCCCCCCCCCCCCCCCCCCCCCCCCCCCCCCCCCCCCCCCCCCCC2(CCNC2=O)CC1. The average Bonchev–Trinajstić information content (AvgIpc) is 3.64. The summed E-state index contributed by atoms with van der Waals surface area (Å²) in [6.07, 6.45) is 69.3. The Bertz CT molecular complexity index is 980. The molecule has 1 N–H and O–H groups in total. The van der Waals surface area contributed by atoms with Crippen LogP contribution in [0.4, 0.5) is 0 Å². The first kappa shape index (κ1) is 57.2. The van der Waals surface area contributed by atoms with E-state index in [9.17, 15) is 9.59 Å². The average molecular weight is 870 g/mol. The lowest BCUT2D eigenvalue weighted by molar-refractivity contribution is -0.129. The Morgan fingerprint density at radius 3 is 0.823 bits per heavy atom. The molecule has 4 heteroatoms. The summed E-state index contributed by atoms with van der Waals surface area (Å²) in [6, 6.07) is 0. The van der Waals surface area contributed by atoms with Gasteiger partial charge in [0.05, 0.1) is 11.0 Å². The lowest BCUT2D eigenvalue weighted by atomic mass is 9.77. The quantitative estimate of drug-likeness (QED) is 0.281. The smallest absolute Gasteiger partial charge is 0.226 e. The Hall–Kier alpha value is -0.900. The molecule has 2 fully saturated rings. The molecule has 4 nitrogen and oxygen atoms in total.